The molecule has 0 unspecified atom stereocenters. The van der Waals surface area contributed by atoms with Crippen molar-refractivity contribution in [1.82, 2.24) is 0 Å². The lowest BCUT2D eigenvalue weighted by Gasteiger charge is -1.08. The van der Waals surface area contributed by atoms with Crippen molar-refractivity contribution in [3.8, 4) is 0 Å². The minimum absolute atomic E-state index is 0. The highest BCUT2D eigenvalue weighted by Gasteiger charge is 0.0775. The molecule has 0 aliphatic rings. The lowest BCUT2D eigenvalue weighted by atomic mass is 11.9. The number of halogens is 2. The third kappa shape index (κ3) is 12.4. The zero-order valence-corrected chi connectivity index (χ0v) is 6.42. The summed E-state index contributed by atoms with van der Waals surface area (Å²) in [6, 6.07) is 0. The highest BCUT2D eigenvalue weighted by molar-refractivity contribution is 14.0. The van der Waals surface area contributed by atoms with Crippen LogP contribution in [0.5, 0.6) is 0 Å². The van der Waals surface area contributed by atoms with Crippen molar-refractivity contribution in [2.24, 2.45) is 0 Å². The van der Waals surface area contributed by atoms with Gasteiger partial charge >= 0.3 is 0 Å². The molecule has 0 saturated heterocycles. The van der Waals surface area contributed by atoms with Gasteiger partial charge in [-0.05, 0) is 0 Å². The molecule has 0 radical (unpaired) electrons. The summed E-state index contributed by atoms with van der Waals surface area (Å²) in [5, 5.41) is 6.25. The Morgan fingerprint density at radius 2 is 1.00 bits per heavy atom. The van der Waals surface area contributed by atoms with Gasteiger partial charge in [-0.2, -0.15) is 0 Å². The zero-order chi connectivity index (χ0) is 2.00. The van der Waals surface area contributed by atoms with Gasteiger partial charge < -0.3 is 11.8 Å². The Bertz CT molecular complexity index is 10.8. The maximum Gasteiger partial charge on any atom is -0.107 e. The van der Waals surface area contributed by atoms with Crippen LogP contribution in [-0.4, -0.2) is 0 Å². The number of hydrogen-bond acceptors (Lipinski definition) is 1. The van der Waals surface area contributed by atoms with E-state index in [1.807, 2.05) is 0 Å². The molecule has 0 aromatic carbocycles. The maximum atomic E-state index is 6.25. The van der Waals surface area contributed by atoms with Crippen LogP contribution in [0.15, 0.2) is 0 Å². The monoisotopic (exact) mass is 282 g/mol. The first-order valence-corrected chi connectivity index (χ1v) is 0.224. The second kappa shape index (κ2) is 38.1. The van der Waals surface area contributed by atoms with Gasteiger partial charge in [0.05, 0.1) is 0 Å². The fraction of sp³-hybridized carbons (Fsp3) is 0. The van der Waals surface area contributed by atoms with Crippen LogP contribution in [0.4, 0.5) is 0 Å². The van der Waals surface area contributed by atoms with Crippen molar-refractivity contribution in [3.63, 3.8) is 0 Å². The molecule has 0 aliphatic carbocycles. The Hall–Kier alpha value is 0.950. The molecule has 0 amide bonds. The van der Waals surface area contributed by atoms with Gasteiger partial charge in [-0.3, -0.25) is 0 Å². The molecule has 0 N–H and O–H groups in total. The average molecular weight is 282 g/mol. The van der Waals surface area contributed by atoms with E-state index in [4.69, 9.17) is 11.8 Å². The first-order chi connectivity index (χ1) is 1.00. The van der Waals surface area contributed by atoms with Gasteiger partial charge in [0.25, 0.3) is 0 Å². The molecule has 0 heterocycles. The molecule has 0 aromatic heterocycles. The van der Waals surface area contributed by atoms with Crippen LogP contribution in [-0.2, 0) is 0 Å². The summed E-state index contributed by atoms with van der Waals surface area (Å²) >= 11 is 0. The van der Waals surface area contributed by atoms with E-state index in [1.54, 1.807) is 0 Å². The van der Waals surface area contributed by atoms with E-state index in [0.717, 1.165) is 0 Å². The first kappa shape index (κ1) is 20.3. The topological polar surface area (TPSA) is 23.8 Å². The fourth-order valence-corrected chi connectivity index (χ4v) is 0. The van der Waals surface area contributed by atoms with Gasteiger partial charge in [-0.15, -0.1) is 48.0 Å². The summed E-state index contributed by atoms with van der Waals surface area (Å²) in [6.45, 7) is 4.75. The van der Waals surface area contributed by atoms with Gasteiger partial charge in [-0.1, -0.05) is 0 Å². The van der Waals surface area contributed by atoms with E-state index in [0.29, 0.717) is 0 Å². The molecule has 0 aromatic rings. The van der Waals surface area contributed by atoms with E-state index in [-0.39, 0.29) is 48.0 Å². The van der Waals surface area contributed by atoms with Gasteiger partial charge in [0.2, 0.25) is 0 Å². The summed E-state index contributed by atoms with van der Waals surface area (Å²) in [4.78, 5) is 0. The van der Waals surface area contributed by atoms with Gasteiger partial charge in [0.15, 0.2) is 0 Å². The normalized spacial score (nSPS) is 0.500. The number of hydrogen-bond donors (Lipinski definition) is 0. The van der Waals surface area contributed by atoms with E-state index in [1.165, 1.54) is 0 Å². The predicted octanol–water partition coefficient (Wildman–Crippen LogP) is 1.33. The summed E-state index contributed by atoms with van der Waals surface area (Å²) in [7, 11) is 0. The molecule has 0 saturated carbocycles. The van der Waals surface area contributed by atoms with Crippen LogP contribution in [0, 0.1) is 11.8 Å². The van der Waals surface area contributed by atoms with E-state index in [2.05, 4.69) is 0 Å². The molecule has 0 spiro atoms. The third-order valence-electron chi connectivity index (χ3n) is 0. The van der Waals surface area contributed by atoms with Gasteiger partial charge in [0, 0.05) is 0 Å². The van der Waals surface area contributed by atoms with Crippen LogP contribution in [0.25, 0.3) is 0 Å². The van der Waals surface area contributed by atoms with Crippen molar-refractivity contribution in [2.75, 3.05) is 0 Å². The molecular weight excluding hydrogens is 280 g/mol. The van der Waals surface area contributed by atoms with Crippen molar-refractivity contribution in [3.05, 3.63) is 6.57 Å². The Kier molecular flexibility index (Phi) is 193. The minimum atomic E-state index is 0. The first-order valence-electron chi connectivity index (χ1n) is 0.224. The largest absolute Gasteiger partial charge is 0.512 e. The standard InChI is InChI=1S/CN.2HI/c1-2;;/h;2*1H/q-1;;. The van der Waals surface area contributed by atoms with Crippen molar-refractivity contribution in [1.29, 1.82) is 5.26 Å². The molecule has 0 aliphatic heterocycles. The molecular formula is CH2I2N-. The van der Waals surface area contributed by atoms with Crippen molar-refractivity contribution >= 4 is 48.0 Å². The quantitative estimate of drug-likeness (QED) is 0.485. The number of rotatable bonds is 0. The van der Waals surface area contributed by atoms with Crippen molar-refractivity contribution < 1.29 is 0 Å². The predicted molar refractivity (Wildman–Crippen MR) is 35.8 cm³/mol. The molecule has 26 valence electrons. The molecule has 0 rings (SSSR count). The second-order valence-corrected chi connectivity index (χ2v) is 0. The lowest BCUT2D eigenvalue weighted by molar-refractivity contribution is 1.53. The van der Waals surface area contributed by atoms with E-state index >= 15 is 0 Å². The second-order valence-electron chi connectivity index (χ2n) is 0. The highest BCUT2D eigenvalue weighted by atomic mass is 127. The smallest absolute Gasteiger partial charge is 0.107 e. The molecule has 0 atom stereocenters. The van der Waals surface area contributed by atoms with Crippen LogP contribution in [0.3, 0.4) is 0 Å². The number of nitrogens with zero attached hydrogens (tertiary/aromatic N) is 1. The SMILES string of the molecule is I.I.[C-]#N. The summed E-state index contributed by atoms with van der Waals surface area (Å²) in [5.41, 5.74) is 0. The molecule has 1 nitrogen and oxygen atoms in total. The summed E-state index contributed by atoms with van der Waals surface area (Å²) in [5.74, 6) is 0. The van der Waals surface area contributed by atoms with Crippen LogP contribution >= 0.6 is 48.0 Å². The van der Waals surface area contributed by atoms with E-state index < -0.39 is 0 Å². The maximum absolute atomic E-state index is 6.25. The Morgan fingerprint density at radius 3 is 1.00 bits per heavy atom. The minimum Gasteiger partial charge on any atom is -0.512 e. The molecule has 0 fully saturated rings. The Balaban J connectivity index is -0.00000000500. The average Bonchev–Trinajstić information content (AvgIpc) is 1.00. The molecule has 0 bridgehead atoms. The fourth-order valence-electron chi connectivity index (χ4n) is 0. The summed E-state index contributed by atoms with van der Waals surface area (Å²) < 4.78 is 0. The van der Waals surface area contributed by atoms with Gasteiger partial charge in [-0.25, -0.2) is 0 Å². The third-order valence-corrected chi connectivity index (χ3v) is 0. The van der Waals surface area contributed by atoms with Crippen LogP contribution in [0.2, 0.25) is 0 Å². The molecule has 4 heavy (non-hydrogen) atoms. The Labute approximate surface area is 59.4 Å². The summed E-state index contributed by atoms with van der Waals surface area (Å²) in [6.07, 6.45) is 0. The highest BCUT2D eigenvalue weighted by Crippen LogP contribution is 0.887. The van der Waals surface area contributed by atoms with Crippen LogP contribution < -0.4 is 0 Å². The Morgan fingerprint density at radius 1 is 1.00 bits per heavy atom. The van der Waals surface area contributed by atoms with Crippen molar-refractivity contribution in [2.45, 2.75) is 0 Å². The zero-order valence-electron chi connectivity index (χ0n) is 1.76. The van der Waals surface area contributed by atoms with Gasteiger partial charge in [0.1, 0.15) is 0 Å². The lowest BCUT2D eigenvalue weighted by Crippen LogP contribution is -0.530. The van der Waals surface area contributed by atoms with E-state index in [9.17, 15) is 0 Å². The van der Waals surface area contributed by atoms with Crippen LogP contribution in [0.1, 0.15) is 0 Å². The molecule has 3 heteroatoms.